The van der Waals surface area contributed by atoms with Crippen LogP contribution in [0.25, 0.3) is 33.3 Å². The van der Waals surface area contributed by atoms with Crippen LogP contribution in [0.1, 0.15) is 16.1 Å². The Bertz CT molecular complexity index is 1210. The van der Waals surface area contributed by atoms with E-state index in [1.807, 2.05) is 42.8 Å². The number of hydrogen-bond acceptors (Lipinski definition) is 4. The molecule has 0 bridgehead atoms. The van der Waals surface area contributed by atoms with Gasteiger partial charge in [-0.2, -0.15) is 0 Å². The van der Waals surface area contributed by atoms with E-state index in [0.29, 0.717) is 22.2 Å². The van der Waals surface area contributed by atoms with Crippen molar-refractivity contribution in [2.45, 2.75) is 6.92 Å². The minimum absolute atomic E-state index is 0.174. The topological polar surface area (TPSA) is 63.9 Å². The van der Waals surface area contributed by atoms with Gasteiger partial charge in [-0.25, -0.2) is 9.97 Å². The largest absolute Gasteiger partial charge is 0.343 e. The van der Waals surface area contributed by atoms with Gasteiger partial charge in [0, 0.05) is 49.5 Å². The average Bonchev–Trinajstić information content (AvgIpc) is 2.92. The normalized spacial score (nSPS) is 11.3. The van der Waals surface area contributed by atoms with E-state index in [2.05, 4.69) is 9.97 Å². The van der Waals surface area contributed by atoms with E-state index < -0.39 is 0 Å². The standard InChI is InChI=1S/C20H18ClN5O/c1-11-7-12(10-22-9-11)18-23-17(20(27)25(2)3)16-14-6-5-13(21)8-15(14)26(4)19(16)24-18/h5-10H,1-4H3. The van der Waals surface area contributed by atoms with Gasteiger partial charge in [-0.15, -0.1) is 0 Å². The second-order valence-corrected chi connectivity index (χ2v) is 7.20. The molecule has 0 radical (unpaired) electrons. The molecule has 6 nitrogen and oxygen atoms in total. The van der Waals surface area contributed by atoms with Crippen molar-refractivity contribution in [1.29, 1.82) is 0 Å². The van der Waals surface area contributed by atoms with Gasteiger partial charge in [0.1, 0.15) is 11.3 Å². The Morgan fingerprint density at radius 3 is 2.63 bits per heavy atom. The van der Waals surface area contributed by atoms with Gasteiger partial charge >= 0.3 is 0 Å². The van der Waals surface area contributed by atoms with Gasteiger partial charge in [-0.1, -0.05) is 17.7 Å². The van der Waals surface area contributed by atoms with Crippen molar-refractivity contribution in [3.63, 3.8) is 0 Å². The van der Waals surface area contributed by atoms with Crippen LogP contribution >= 0.6 is 11.6 Å². The zero-order valence-corrected chi connectivity index (χ0v) is 16.2. The van der Waals surface area contributed by atoms with E-state index in [4.69, 9.17) is 16.6 Å². The second-order valence-electron chi connectivity index (χ2n) is 6.77. The van der Waals surface area contributed by atoms with Crippen LogP contribution in [0.3, 0.4) is 0 Å². The quantitative estimate of drug-likeness (QED) is 0.530. The van der Waals surface area contributed by atoms with Crippen LogP contribution in [0.5, 0.6) is 0 Å². The van der Waals surface area contributed by atoms with Crippen molar-refractivity contribution < 1.29 is 4.79 Å². The number of halogens is 1. The third-order valence-corrected chi connectivity index (χ3v) is 4.78. The van der Waals surface area contributed by atoms with Gasteiger partial charge < -0.3 is 9.47 Å². The molecule has 1 amide bonds. The zero-order valence-electron chi connectivity index (χ0n) is 15.5. The number of aromatic nitrogens is 4. The summed E-state index contributed by atoms with van der Waals surface area (Å²) < 4.78 is 1.94. The monoisotopic (exact) mass is 379 g/mol. The molecule has 27 heavy (non-hydrogen) atoms. The van der Waals surface area contributed by atoms with E-state index in [9.17, 15) is 4.79 Å². The highest BCUT2D eigenvalue weighted by atomic mass is 35.5. The highest BCUT2D eigenvalue weighted by Gasteiger charge is 2.22. The number of carbonyl (C=O) groups is 1. The summed E-state index contributed by atoms with van der Waals surface area (Å²) in [6, 6.07) is 7.54. The fourth-order valence-electron chi connectivity index (χ4n) is 3.22. The van der Waals surface area contributed by atoms with Crippen LogP contribution in [0, 0.1) is 6.92 Å². The molecular formula is C20H18ClN5O. The lowest BCUT2D eigenvalue weighted by molar-refractivity contribution is 0.0824. The van der Waals surface area contributed by atoms with Crippen molar-refractivity contribution >= 4 is 39.4 Å². The molecule has 136 valence electrons. The first-order valence-corrected chi connectivity index (χ1v) is 8.84. The fourth-order valence-corrected chi connectivity index (χ4v) is 3.39. The smallest absolute Gasteiger partial charge is 0.272 e. The number of benzene rings is 1. The maximum Gasteiger partial charge on any atom is 0.272 e. The predicted molar refractivity (Wildman–Crippen MR) is 107 cm³/mol. The van der Waals surface area contributed by atoms with Gasteiger partial charge in [0.25, 0.3) is 5.91 Å². The molecule has 0 unspecified atom stereocenters. The minimum atomic E-state index is -0.174. The second kappa shape index (κ2) is 6.32. The molecule has 4 rings (SSSR count). The Morgan fingerprint density at radius 2 is 1.93 bits per heavy atom. The third kappa shape index (κ3) is 2.82. The van der Waals surface area contributed by atoms with Gasteiger partial charge in [-0.05, 0) is 30.7 Å². The van der Waals surface area contributed by atoms with E-state index >= 15 is 0 Å². The molecule has 0 spiro atoms. The molecule has 7 heteroatoms. The lowest BCUT2D eigenvalue weighted by Gasteiger charge is -2.12. The molecule has 0 atom stereocenters. The first kappa shape index (κ1) is 17.4. The summed E-state index contributed by atoms with van der Waals surface area (Å²) in [5, 5.41) is 2.26. The number of carbonyl (C=O) groups excluding carboxylic acids is 1. The molecule has 0 aliphatic heterocycles. The van der Waals surface area contributed by atoms with Crippen LogP contribution in [0.4, 0.5) is 0 Å². The molecule has 0 fully saturated rings. The molecular weight excluding hydrogens is 362 g/mol. The summed E-state index contributed by atoms with van der Waals surface area (Å²) in [6.07, 6.45) is 3.48. The van der Waals surface area contributed by atoms with Crippen molar-refractivity contribution in [1.82, 2.24) is 24.4 Å². The highest BCUT2D eigenvalue weighted by molar-refractivity contribution is 6.31. The summed E-state index contributed by atoms with van der Waals surface area (Å²) in [5.41, 5.74) is 3.73. The third-order valence-electron chi connectivity index (χ3n) is 4.54. The zero-order chi connectivity index (χ0) is 19.3. The highest BCUT2D eigenvalue weighted by Crippen LogP contribution is 2.32. The maximum absolute atomic E-state index is 12.9. The Morgan fingerprint density at radius 1 is 1.15 bits per heavy atom. The predicted octanol–water partition coefficient (Wildman–Crippen LogP) is 3.85. The van der Waals surface area contributed by atoms with E-state index in [0.717, 1.165) is 27.4 Å². The van der Waals surface area contributed by atoms with Gasteiger partial charge in [0.15, 0.2) is 5.82 Å². The summed E-state index contributed by atoms with van der Waals surface area (Å²) in [6.45, 7) is 1.96. The number of fused-ring (bicyclic) bond motifs is 3. The van der Waals surface area contributed by atoms with Crippen molar-refractivity contribution in [3.8, 4) is 11.4 Å². The van der Waals surface area contributed by atoms with Crippen LogP contribution in [-0.4, -0.2) is 44.4 Å². The Balaban J connectivity index is 2.13. The maximum atomic E-state index is 12.9. The van der Waals surface area contributed by atoms with E-state index in [-0.39, 0.29) is 5.91 Å². The first-order chi connectivity index (χ1) is 12.9. The molecule has 1 aromatic carbocycles. The SMILES string of the molecule is Cc1cncc(-c2nc(C(=O)N(C)C)c3c4ccc(Cl)cc4n(C)c3n2)c1. The number of rotatable bonds is 2. The molecule has 0 N–H and O–H groups in total. The number of nitrogens with zero attached hydrogens (tertiary/aromatic N) is 5. The average molecular weight is 380 g/mol. The summed E-state index contributed by atoms with van der Waals surface area (Å²) in [5.74, 6) is 0.299. The summed E-state index contributed by atoms with van der Waals surface area (Å²) in [4.78, 5) is 28.0. The summed E-state index contributed by atoms with van der Waals surface area (Å²) >= 11 is 6.18. The minimum Gasteiger partial charge on any atom is -0.343 e. The first-order valence-electron chi connectivity index (χ1n) is 8.46. The molecule has 0 aliphatic carbocycles. The van der Waals surface area contributed by atoms with E-state index in [1.165, 1.54) is 4.90 Å². The van der Waals surface area contributed by atoms with Gasteiger partial charge in [0.05, 0.1) is 10.9 Å². The molecule has 0 saturated carbocycles. The molecule has 3 aromatic heterocycles. The van der Waals surface area contributed by atoms with Crippen molar-refractivity contribution in [3.05, 3.63) is 52.9 Å². The Hall–Kier alpha value is -2.99. The van der Waals surface area contributed by atoms with Crippen molar-refractivity contribution in [2.24, 2.45) is 7.05 Å². The fraction of sp³-hybridized carbons (Fsp3) is 0.200. The number of pyridine rings is 1. The Kier molecular flexibility index (Phi) is 4.08. The molecule has 0 saturated heterocycles. The van der Waals surface area contributed by atoms with Crippen LogP contribution in [0.15, 0.2) is 36.7 Å². The number of aryl methyl sites for hydroxylation is 2. The molecule has 4 aromatic rings. The summed E-state index contributed by atoms with van der Waals surface area (Å²) in [7, 11) is 5.34. The molecule has 3 heterocycles. The number of amides is 1. The lowest BCUT2D eigenvalue weighted by atomic mass is 10.1. The van der Waals surface area contributed by atoms with Gasteiger partial charge in [-0.3, -0.25) is 9.78 Å². The van der Waals surface area contributed by atoms with E-state index in [1.54, 1.807) is 26.5 Å². The molecule has 0 aliphatic rings. The number of hydrogen-bond donors (Lipinski definition) is 0. The van der Waals surface area contributed by atoms with Crippen LogP contribution < -0.4 is 0 Å². The lowest BCUT2D eigenvalue weighted by Crippen LogP contribution is -2.23. The van der Waals surface area contributed by atoms with Crippen LogP contribution in [-0.2, 0) is 7.05 Å². The van der Waals surface area contributed by atoms with Gasteiger partial charge in [0.2, 0.25) is 0 Å². The van der Waals surface area contributed by atoms with Crippen LogP contribution in [0.2, 0.25) is 5.02 Å². The Labute approximate surface area is 161 Å². The van der Waals surface area contributed by atoms with Crippen molar-refractivity contribution in [2.75, 3.05) is 14.1 Å².